The summed E-state index contributed by atoms with van der Waals surface area (Å²) in [5.41, 5.74) is 7.34. The van der Waals surface area contributed by atoms with Gasteiger partial charge in [0.25, 0.3) is 0 Å². The third-order valence-corrected chi connectivity index (χ3v) is 5.48. The molecule has 4 unspecified atom stereocenters. The number of aromatic nitrogens is 1. The summed E-state index contributed by atoms with van der Waals surface area (Å²) in [6.07, 6.45) is 2.33. The molecule has 0 spiro atoms. The summed E-state index contributed by atoms with van der Waals surface area (Å²) >= 11 is 0. The SMILES string of the molecule is CC.CC.CNC(=O)C(NC(C)=O)C(C)OCc1ccncc1.CNC(=O)C(NC(N)=O)C(C)OCc1cccc(C#N)c1. The highest BCUT2D eigenvalue weighted by molar-refractivity contribution is 5.87. The maximum atomic E-state index is 11.7. The van der Waals surface area contributed by atoms with Crippen molar-refractivity contribution in [1.82, 2.24) is 26.3 Å². The molecule has 4 atom stereocenters. The summed E-state index contributed by atoms with van der Waals surface area (Å²) in [6.45, 7) is 13.3. The number of benzene rings is 1. The van der Waals surface area contributed by atoms with Gasteiger partial charge < -0.3 is 36.5 Å². The highest BCUT2D eigenvalue weighted by Gasteiger charge is 2.27. The summed E-state index contributed by atoms with van der Waals surface area (Å²) in [5, 5.41) is 18.7. The predicted molar refractivity (Wildman–Crippen MR) is 169 cm³/mol. The minimum atomic E-state index is -0.883. The van der Waals surface area contributed by atoms with Crippen molar-refractivity contribution in [3.63, 3.8) is 0 Å². The van der Waals surface area contributed by atoms with Crippen LogP contribution in [0.15, 0.2) is 48.8 Å². The summed E-state index contributed by atoms with van der Waals surface area (Å²) < 4.78 is 11.2. The van der Waals surface area contributed by atoms with E-state index in [1.54, 1.807) is 44.4 Å². The number of nitrogens with two attached hydrogens (primary N) is 1. The average Bonchev–Trinajstić information content (AvgIpc) is 3.05. The van der Waals surface area contributed by atoms with Gasteiger partial charge in [0, 0.05) is 33.4 Å². The Bertz CT molecular complexity index is 1160. The molecular formula is C31H49N7O6. The molecule has 0 saturated heterocycles. The fourth-order valence-corrected chi connectivity index (χ4v) is 3.33. The predicted octanol–water partition coefficient (Wildman–Crippen LogP) is 2.54. The zero-order valence-electron chi connectivity index (χ0n) is 27.3. The molecule has 2 rings (SSSR count). The van der Waals surface area contributed by atoms with Gasteiger partial charge in [-0.05, 0) is 49.2 Å². The Kier molecular flexibility index (Phi) is 23.6. The number of nitrogens with one attached hydrogen (secondary N) is 4. The van der Waals surface area contributed by atoms with Crippen LogP contribution in [0.1, 0.15) is 65.2 Å². The Morgan fingerprint density at radius 2 is 1.32 bits per heavy atom. The van der Waals surface area contributed by atoms with Gasteiger partial charge in [-0.3, -0.25) is 19.4 Å². The molecule has 13 nitrogen and oxygen atoms in total. The van der Waals surface area contributed by atoms with E-state index in [2.05, 4.69) is 26.3 Å². The largest absolute Gasteiger partial charge is 0.371 e. The second-order valence-electron chi connectivity index (χ2n) is 8.59. The number of pyridine rings is 1. The standard InChI is InChI=1S/C14H18N4O3.C13H19N3O3.2C2H6/c1-9(12(13(19)17-2)18-14(16)20)21-8-11-5-3-4-10(6-11)7-15;1-9(12(13(18)14-3)16-10(2)17)19-8-11-4-6-15-7-5-11;2*1-2/h3-6,9,12H,8H2,1-2H3,(H,17,19)(H3,16,18,20);4-7,9,12H,8H2,1-3H3,(H,14,18)(H,16,17);2*1-2H3. The zero-order valence-corrected chi connectivity index (χ0v) is 27.3. The molecule has 44 heavy (non-hydrogen) atoms. The molecule has 0 radical (unpaired) electrons. The molecule has 0 aliphatic heterocycles. The van der Waals surface area contributed by atoms with E-state index in [0.717, 1.165) is 11.1 Å². The van der Waals surface area contributed by atoms with E-state index >= 15 is 0 Å². The lowest BCUT2D eigenvalue weighted by Crippen LogP contribution is -2.53. The first-order valence-corrected chi connectivity index (χ1v) is 14.4. The third-order valence-electron chi connectivity index (χ3n) is 5.48. The van der Waals surface area contributed by atoms with Gasteiger partial charge in [0.1, 0.15) is 12.1 Å². The summed E-state index contributed by atoms with van der Waals surface area (Å²) in [7, 11) is 2.98. The van der Waals surface area contributed by atoms with E-state index in [1.165, 1.54) is 21.0 Å². The second kappa shape index (κ2) is 25.0. The lowest BCUT2D eigenvalue weighted by Gasteiger charge is -2.23. The number of carbonyl (C=O) groups excluding carboxylic acids is 4. The number of hydrogen-bond acceptors (Lipinski definition) is 8. The molecular weight excluding hydrogens is 566 g/mol. The summed E-state index contributed by atoms with van der Waals surface area (Å²) in [6, 6.07) is 10.3. The van der Waals surface area contributed by atoms with Gasteiger partial charge in [-0.1, -0.05) is 39.8 Å². The molecule has 5 amide bonds. The Labute approximate surface area is 261 Å². The van der Waals surface area contributed by atoms with E-state index in [9.17, 15) is 19.2 Å². The van der Waals surface area contributed by atoms with Crippen LogP contribution in [0.25, 0.3) is 0 Å². The van der Waals surface area contributed by atoms with Crippen LogP contribution in [0.3, 0.4) is 0 Å². The molecule has 0 bridgehead atoms. The number of amides is 5. The van der Waals surface area contributed by atoms with Crippen molar-refractivity contribution in [2.75, 3.05) is 14.1 Å². The molecule has 1 aromatic heterocycles. The molecule has 1 heterocycles. The van der Waals surface area contributed by atoms with Crippen molar-refractivity contribution in [2.24, 2.45) is 5.73 Å². The Hall–Kier alpha value is -4.54. The van der Waals surface area contributed by atoms with Gasteiger partial charge in [-0.15, -0.1) is 0 Å². The van der Waals surface area contributed by atoms with Crippen LogP contribution < -0.4 is 27.0 Å². The second-order valence-corrected chi connectivity index (χ2v) is 8.59. The maximum absolute atomic E-state index is 11.7. The van der Waals surface area contributed by atoms with Crippen molar-refractivity contribution in [1.29, 1.82) is 5.26 Å². The van der Waals surface area contributed by atoms with Crippen molar-refractivity contribution < 1.29 is 28.7 Å². The number of ether oxygens (including phenoxy) is 2. The minimum absolute atomic E-state index is 0.213. The van der Waals surface area contributed by atoms with Gasteiger partial charge in [0.05, 0.1) is 37.1 Å². The van der Waals surface area contributed by atoms with Crippen LogP contribution in [0.4, 0.5) is 4.79 Å². The fraction of sp³-hybridized carbons (Fsp3) is 0.484. The molecule has 244 valence electrons. The number of nitriles is 1. The molecule has 0 saturated carbocycles. The highest BCUT2D eigenvalue weighted by atomic mass is 16.5. The zero-order chi connectivity index (χ0) is 34.1. The number of nitrogens with zero attached hydrogens (tertiary/aromatic N) is 2. The van der Waals surface area contributed by atoms with Gasteiger partial charge in [-0.2, -0.15) is 5.26 Å². The van der Waals surface area contributed by atoms with Crippen molar-refractivity contribution in [2.45, 2.75) is 86.0 Å². The number of hydrogen-bond donors (Lipinski definition) is 5. The number of rotatable bonds is 12. The van der Waals surface area contributed by atoms with Gasteiger partial charge >= 0.3 is 6.03 Å². The Morgan fingerprint density at radius 3 is 1.75 bits per heavy atom. The Morgan fingerprint density at radius 1 is 0.841 bits per heavy atom. The quantitative estimate of drug-likeness (QED) is 0.240. The van der Waals surface area contributed by atoms with Crippen LogP contribution in [0.5, 0.6) is 0 Å². The topological polar surface area (TPSA) is 198 Å². The summed E-state index contributed by atoms with van der Waals surface area (Å²) in [4.78, 5) is 49.3. The van der Waals surface area contributed by atoms with Crippen molar-refractivity contribution >= 4 is 23.8 Å². The first kappa shape index (κ1) is 41.6. The average molecular weight is 616 g/mol. The van der Waals surface area contributed by atoms with E-state index in [0.29, 0.717) is 12.2 Å². The minimum Gasteiger partial charge on any atom is -0.371 e. The van der Waals surface area contributed by atoms with Crippen LogP contribution >= 0.6 is 0 Å². The highest BCUT2D eigenvalue weighted by Crippen LogP contribution is 2.09. The van der Waals surface area contributed by atoms with E-state index < -0.39 is 36.2 Å². The van der Waals surface area contributed by atoms with Crippen molar-refractivity contribution in [3.05, 3.63) is 65.5 Å². The van der Waals surface area contributed by atoms with Gasteiger partial charge in [0.2, 0.25) is 17.7 Å². The number of primary amides is 1. The molecule has 0 fully saturated rings. The van der Waals surface area contributed by atoms with E-state index in [4.69, 9.17) is 20.5 Å². The van der Waals surface area contributed by atoms with Crippen LogP contribution in [-0.4, -0.2) is 67.1 Å². The number of likely N-dealkylation sites (N-methyl/N-ethyl adjacent to an activating group) is 2. The molecule has 1 aromatic carbocycles. The normalized spacial score (nSPS) is 12.2. The van der Waals surface area contributed by atoms with Crippen LogP contribution in [-0.2, 0) is 37.1 Å². The Balaban J connectivity index is 0. The molecule has 2 aromatic rings. The van der Waals surface area contributed by atoms with Crippen LogP contribution in [0.2, 0.25) is 0 Å². The monoisotopic (exact) mass is 615 g/mol. The van der Waals surface area contributed by atoms with Gasteiger partial charge in [0.15, 0.2) is 0 Å². The smallest absolute Gasteiger partial charge is 0.312 e. The fourth-order valence-electron chi connectivity index (χ4n) is 3.33. The third kappa shape index (κ3) is 17.4. The molecule has 13 heteroatoms. The van der Waals surface area contributed by atoms with E-state index in [-0.39, 0.29) is 18.4 Å². The number of carbonyl (C=O) groups is 4. The molecule has 6 N–H and O–H groups in total. The van der Waals surface area contributed by atoms with Crippen LogP contribution in [0, 0.1) is 11.3 Å². The lowest BCUT2D eigenvalue weighted by molar-refractivity contribution is -0.132. The maximum Gasteiger partial charge on any atom is 0.312 e. The molecule has 0 aliphatic carbocycles. The lowest BCUT2D eigenvalue weighted by atomic mass is 10.1. The summed E-state index contributed by atoms with van der Waals surface area (Å²) in [5.74, 6) is -0.947. The van der Waals surface area contributed by atoms with E-state index in [1.807, 2.05) is 52.0 Å². The van der Waals surface area contributed by atoms with Crippen molar-refractivity contribution in [3.8, 4) is 6.07 Å². The van der Waals surface area contributed by atoms with Gasteiger partial charge in [-0.25, -0.2) is 4.79 Å². The first-order chi connectivity index (χ1) is 21.0. The molecule has 0 aliphatic rings. The number of urea groups is 1. The first-order valence-electron chi connectivity index (χ1n) is 14.4.